The second kappa shape index (κ2) is 11.8. The maximum Gasteiger partial charge on any atom is 0.256 e. The van der Waals surface area contributed by atoms with E-state index in [9.17, 15) is 9.90 Å². The average Bonchev–Trinajstić information content (AvgIpc) is 2.96. The molecule has 4 heterocycles. The van der Waals surface area contributed by atoms with Gasteiger partial charge in [-0.3, -0.25) is 9.78 Å². The molecule has 3 aromatic rings. The second-order valence-electron chi connectivity index (χ2n) is 10.5. The van der Waals surface area contributed by atoms with Gasteiger partial charge in [-0.05, 0) is 63.4 Å². The minimum absolute atomic E-state index is 0.0159. The van der Waals surface area contributed by atoms with E-state index in [4.69, 9.17) is 16.6 Å². The number of para-hydroxylation sites is 1. The maximum atomic E-state index is 13.9. The van der Waals surface area contributed by atoms with Gasteiger partial charge in [-0.2, -0.15) is 0 Å². The van der Waals surface area contributed by atoms with Crippen molar-refractivity contribution in [3.8, 4) is 0 Å². The molecule has 2 aliphatic rings. The van der Waals surface area contributed by atoms with Crippen LogP contribution in [0.3, 0.4) is 0 Å². The highest BCUT2D eigenvalue weighted by Gasteiger charge is 2.32. The van der Waals surface area contributed by atoms with Crippen molar-refractivity contribution in [3.63, 3.8) is 0 Å². The quantitative estimate of drug-likeness (QED) is 0.470. The fourth-order valence-corrected chi connectivity index (χ4v) is 6.16. The molecule has 0 saturated carbocycles. The molecule has 39 heavy (non-hydrogen) atoms. The van der Waals surface area contributed by atoms with E-state index in [-0.39, 0.29) is 24.6 Å². The number of aliphatic hydroxyl groups excluding tert-OH is 1. The Morgan fingerprint density at radius 2 is 1.77 bits per heavy atom. The van der Waals surface area contributed by atoms with E-state index in [2.05, 4.69) is 20.1 Å². The SMILES string of the molecule is Cc1nc(C)c(C(=O)N2CCN(c3ccccc3)[C@H](CO)C2)c(C)c1NC1CCN(c2ncccc2Cl)CC1. The van der Waals surface area contributed by atoms with E-state index in [1.807, 2.05) is 68.1 Å². The normalized spacial score (nSPS) is 18.4. The molecule has 9 heteroatoms. The standard InChI is InChI=1S/C30H37ClN6O2/c1-20-27(30(39)36-16-17-37(25(18-36)19-38)24-8-5-4-6-9-24)21(2)33-22(3)28(20)34-23-11-14-35(15-12-23)29-26(31)10-7-13-32-29/h4-10,13,23,25,34,38H,11-12,14-19H2,1-3H3/t25-/m0/s1. The van der Waals surface area contributed by atoms with Crippen LogP contribution >= 0.6 is 11.6 Å². The first-order valence-electron chi connectivity index (χ1n) is 13.7. The Labute approximate surface area is 235 Å². The number of amides is 1. The van der Waals surface area contributed by atoms with Crippen molar-refractivity contribution >= 4 is 34.7 Å². The second-order valence-corrected chi connectivity index (χ2v) is 10.9. The lowest BCUT2D eigenvalue weighted by Crippen LogP contribution is -2.56. The van der Waals surface area contributed by atoms with Gasteiger partial charge in [0.25, 0.3) is 5.91 Å². The molecule has 1 amide bonds. The highest BCUT2D eigenvalue weighted by molar-refractivity contribution is 6.32. The molecule has 2 fully saturated rings. The van der Waals surface area contributed by atoms with E-state index in [0.29, 0.717) is 30.2 Å². The molecule has 2 aromatic heterocycles. The van der Waals surface area contributed by atoms with Gasteiger partial charge in [-0.15, -0.1) is 0 Å². The van der Waals surface area contributed by atoms with E-state index in [1.54, 1.807) is 6.20 Å². The van der Waals surface area contributed by atoms with Crippen LogP contribution in [-0.4, -0.2) is 77.3 Å². The van der Waals surface area contributed by atoms with Crippen molar-refractivity contribution in [3.05, 3.63) is 76.2 Å². The molecule has 8 nitrogen and oxygen atoms in total. The lowest BCUT2D eigenvalue weighted by Gasteiger charge is -2.42. The lowest BCUT2D eigenvalue weighted by molar-refractivity contribution is 0.0697. The number of aromatic nitrogens is 2. The molecular weight excluding hydrogens is 512 g/mol. The molecule has 1 aromatic carbocycles. The summed E-state index contributed by atoms with van der Waals surface area (Å²) in [5.74, 6) is 0.815. The molecule has 0 spiro atoms. The first-order valence-corrected chi connectivity index (χ1v) is 14.1. The lowest BCUT2D eigenvalue weighted by atomic mass is 9.99. The van der Waals surface area contributed by atoms with Crippen LogP contribution in [0.2, 0.25) is 5.02 Å². The number of piperidine rings is 1. The molecule has 2 aliphatic heterocycles. The summed E-state index contributed by atoms with van der Waals surface area (Å²) in [7, 11) is 0. The van der Waals surface area contributed by atoms with Crippen LogP contribution in [-0.2, 0) is 0 Å². The number of anilines is 3. The summed E-state index contributed by atoms with van der Waals surface area (Å²) in [6.45, 7) is 9.35. The summed E-state index contributed by atoms with van der Waals surface area (Å²) in [6, 6.07) is 13.9. The Morgan fingerprint density at radius 1 is 1.03 bits per heavy atom. The zero-order valence-electron chi connectivity index (χ0n) is 22.9. The topological polar surface area (TPSA) is 84.8 Å². The Hall–Kier alpha value is -3.36. The number of carbonyl (C=O) groups excluding carboxylic acids is 1. The van der Waals surface area contributed by atoms with E-state index >= 15 is 0 Å². The minimum atomic E-state index is -0.153. The number of benzene rings is 1. The van der Waals surface area contributed by atoms with E-state index in [1.165, 1.54) is 0 Å². The van der Waals surface area contributed by atoms with Crippen LogP contribution in [0.5, 0.6) is 0 Å². The maximum absolute atomic E-state index is 13.9. The third-order valence-corrected chi connectivity index (χ3v) is 8.27. The summed E-state index contributed by atoms with van der Waals surface area (Å²) in [5.41, 5.74) is 5.25. The minimum Gasteiger partial charge on any atom is -0.394 e. The van der Waals surface area contributed by atoms with Gasteiger partial charge in [0, 0.05) is 50.6 Å². The summed E-state index contributed by atoms with van der Waals surface area (Å²) in [5, 5.41) is 14.5. The highest BCUT2D eigenvalue weighted by atomic mass is 35.5. The molecule has 0 aliphatic carbocycles. The fraction of sp³-hybridized carbons (Fsp3) is 0.433. The van der Waals surface area contributed by atoms with Crippen molar-refractivity contribution in [2.24, 2.45) is 0 Å². The number of hydrogen-bond acceptors (Lipinski definition) is 7. The van der Waals surface area contributed by atoms with Crippen LogP contribution < -0.4 is 15.1 Å². The molecule has 2 saturated heterocycles. The predicted octanol–water partition coefficient (Wildman–Crippen LogP) is 4.46. The van der Waals surface area contributed by atoms with Gasteiger partial charge in [0.05, 0.1) is 40.3 Å². The first-order chi connectivity index (χ1) is 18.9. The summed E-state index contributed by atoms with van der Waals surface area (Å²) < 4.78 is 0. The molecule has 2 N–H and O–H groups in total. The number of rotatable bonds is 6. The Bertz CT molecular complexity index is 1310. The first kappa shape index (κ1) is 27.2. The largest absolute Gasteiger partial charge is 0.394 e. The highest BCUT2D eigenvalue weighted by Crippen LogP contribution is 2.31. The van der Waals surface area contributed by atoms with Gasteiger partial charge in [0.2, 0.25) is 0 Å². The summed E-state index contributed by atoms with van der Waals surface area (Å²) in [4.78, 5) is 29.4. The summed E-state index contributed by atoms with van der Waals surface area (Å²) in [6.07, 6.45) is 3.64. The number of nitrogens with one attached hydrogen (secondary N) is 1. The zero-order chi connectivity index (χ0) is 27.5. The van der Waals surface area contributed by atoms with Crippen LogP contribution in [0.1, 0.15) is 40.2 Å². The predicted molar refractivity (Wildman–Crippen MR) is 157 cm³/mol. The fourth-order valence-electron chi connectivity index (χ4n) is 5.92. The van der Waals surface area contributed by atoms with E-state index < -0.39 is 0 Å². The molecule has 206 valence electrons. The van der Waals surface area contributed by atoms with Crippen molar-refractivity contribution < 1.29 is 9.90 Å². The number of aliphatic hydroxyl groups is 1. The monoisotopic (exact) mass is 548 g/mol. The van der Waals surface area contributed by atoms with Crippen molar-refractivity contribution in [1.82, 2.24) is 14.9 Å². The van der Waals surface area contributed by atoms with Crippen molar-refractivity contribution in [2.45, 2.75) is 45.7 Å². The molecular formula is C30H37ClN6O2. The van der Waals surface area contributed by atoms with Gasteiger partial charge in [-0.25, -0.2) is 4.98 Å². The number of pyridine rings is 2. The Morgan fingerprint density at radius 3 is 2.46 bits per heavy atom. The number of nitrogens with zero attached hydrogens (tertiary/aromatic N) is 5. The number of hydrogen-bond donors (Lipinski definition) is 2. The van der Waals surface area contributed by atoms with Gasteiger partial charge >= 0.3 is 0 Å². The van der Waals surface area contributed by atoms with Crippen molar-refractivity contribution in [2.75, 3.05) is 54.4 Å². The van der Waals surface area contributed by atoms with E-state index in [0.717, 1.165) is 60.1 Å². The van der Waals surface area contributed by atoms with Crippen LogP contribution in [0.4, 0.5) is 17.2 Å². The van der Waals surface area contributed by atoms with Gasteiger partial charge < -0.3 is 25.1 Å². The molecule has 0 radical (unpaired) electrons. The zero-order valence-corrected chi connectivity index (χ0v) is 23.7. The van der Waals surface area contributed by atoms with Gasteiger partial charge in [0.1, 0.15) is 5.82 Å². The smallest absolute Gasteiger partial charge is 0.256 e. The summed E-state index contributed by atoms with van der Waals surface area (Å²) >= 11 is 6.37. The molecule has 5 rings (SSSR count). The third kappa shape index (κ3) is 5.68. The average molecular weight is 549 g/mol. The van der Waals surface area contributed by atoms with Crippen LogP contribution in [0, 0.1) is 20.8 Å². The number of piperazine rings is 1. The Balaban J connectivity index is 1.30. The van der Waals surface area contributed by atoms with Gasteiger partial charge in [-0.1, -0.05) is 29.8 Å². The van der Waals surface area contributed by atoms with Crippen LogP contribution in [0.25, 0.3) is 0 Å². The number of halogens is 1. The van der Waals surface area contributed by atoms with Gasteiger partial charge in [0.15, 0.2) is 0 Å². The Kier molecular flexibility index (Phi) is 8.23. The third-order valence-electron chi connectivity index (χ3n) is 7.97. The molecule has 0 unspecified atom stereocenters. The molecule has 0 bridgehead atoms. The number of aryl methyl sites for hydroxylation is 2. The number of carbonyl (C=O) groups is 1. The van der Waals surface area contributed by atoms with Crippen molar-refractivity contribution in [1.29, 1.82) is 0 Å². The molecule has 1 atom stereocenters. The van der Waals surface area contributed by atoms with Crippen LogP contribution in [0.15, 0.2) is 48.7 Å².